The molecule has 0 heterocycles. The van der Waals surface area contributed by atoms with Crippen LogP contribution >= 0.6 is 0 Å². The van der Waals surface area contributed by atoms with Gasteiger partial charge in [-0.05, 0) is 43.4 Å². The topological polar surface area (TPSA) is 26.3 Å². The van der Waals surface area contributed by atoms with E-state index in [2.05, 4.69) is 0 Å². The molecule has 0 saturated heterocycles. The molecule has 1 saturated carbocycles. The molecule has 0 bridgehead atoms. The van der Waals surface area contributed by atoms with Crippen LogP contribution in [0.2, 0.25) is 0 Å². The Morgan fingerprint density at radius 1 is 1.47 bits per heavy atom. The van der Waals surface area contributed by atoms with E-state index in [1.54, 1.807) is 12.1 Å². The standard InChI is InChI=1S/C14H17FO2/c1-10(16)7-12-5-6-14(13(15)8-12)17-9-11-3-2-4-11/h5-6,8,11H,2-4,7,9H2,1H3. The zero-order chi connectivity index (χ0) is 12.3. The fourth-order valence-corrected chi connectivity index (χ4v) is 1.93. The van der Waals surface area contributed by atoms with Crippen molar-refractivity contribution in [1.29, 1.82) is 0 Å². The maximum absolute atomic E-state index is 13.6. The van der Waals surface area contributed by atoms with Crippen LogP contribution in [0.5, 0.6) is 5.75 Å². The second-order valence-electron chi connectivity index (χ2n) is 4.75. The van der Waals surface area contributed by atoms with E-state index in [9.17, 15) is 9.18 Å². The number of carbonyl (C=O) groups excluding carboxylic acids is 1. The number of halogens is 1. The van der Waals surface area contributed by atoms with Crippen LogP contribution in [0.1, 0.15) is 31.7 Å². The maximum Gasteiger partial charge on any atom is 0.165 e. The van der Waals surface area contributed by atoms with Gasteiger partial charge in [-0.15, -0.1) is 0 Å². The molecular weight excluding hydrogens is 219 g/mol. The molecule has 0 unspecified atom stereocenters. The zero-order valence-electron chi connectivity index (χ0n) is 10.0. The Hall–Kier alpha value is -1.38. The average molecular weight is 236 g/mol. The second kappa shape index (κ2) is 5.30. The summed E-state index contributed by atoms with van der Waals surface area (Å²) in [6.45, 7) is 2.10. The maximum atomic E-state index is 13.6. The van der Waals surface area contributed by atoms with Gasteiger partial charge in [0.25, 0.3) is 0 Å². The minimum absolute atomic E-state index is 0.0348. The smallest absolute Gasteiger partial charge is 0.165 e. The van der Waals surface area contributed by atoms with Gasteiger partial charge >= 0.3 is 0 Å². The summed E-state index contributed by atoms with van der Waals surface area (Å²) in [6.07, 6.45) is 3.90. The third kappa shape index (κ3) is 3.29. The van der Waals surface area contributed by atoms with E-state index in [4.69, 9.17) is 4.74 Å². The third-order valence-electron chi connectivity index (χ3n) is 3.15. The van der Waals surface area contributed by atoms with E-state index in [0.717, 1.165) is 0 Å². The first-order valence-corrected chi connectivity index (χ1v) is 6.06. The lowest BCUT2D eigenvalue weighted by Gasteiger charge is -2.25. The molecular formula is C14H17FO2. The predicted octanol–water partition coefficient (Wildman–Crippen LogP) is 3.14. The third-order valence-corrected chi connectivity index (χ3v) is 3.15. The highest BCUT2D eigenvalue weighted by Crippen LogP contribution is 2.28. The molecule has 0 atom stereocenters. The lowest BCUT2D eigenvalue weighted by Crippen LogP contribution is -2.19. The number of Topliss-reactive ketones (excluding diaryl/α,β-unsaturated/α-hetero) is 1. The molecule has 0 aromatic heterocycles. The molecule has 0 amide bonds. The summed E-state index contributed by atoms with van der Waals surface area (Å²) in [7, 11) is 0. The van der Waals surface area contributed by atoms with Gasteiger partial charge < -0.3 is 4.74 Å². The monoisotopic (exact) mass is 236 g/mol. The number of rotatable bonds is 5. The summed E-state index contributed by atoms with van der Waals surface area (Å²) < 4.78 is 19.1. The highest BCUT2D eigenvalue weighted by atomic mass is 19.1. The minimum Gasteiger partial charge on any atom is -0.490 e. The number of hydrogen-bond acceptors (Lipinski definition) is 2. The van der Waals surface area contributed by atoms with E-state index >= 15 is 0 Å². The van der Waals surface area contributed by atoms with Crippen molar-refractivity contribution in [2.75, 3.05) is 6.61 Å². The lowest BCUT2D eigenvalue weighted by molar-refractivity contribution is -0.116. The van der Waals surface area contributed by atoms with Crippen molar-refractivity contribution < 1.29 is 13.9 Å². The zero-order valence-corrected chi connectivity index (χ0v) is 10.0. The first kappa shape index (κ1) is 12.1. The summed E-state index contributed by atoms with van der Waals surface area (Å²) in [5, 5.41) is 0. The van der Waals surface area contributed by atoms with E-state index in [0.29, 0.717) is 23.8 Å². The normalized spacial score (nSPS) is 15.4. The van der Waals surface area contributed by atoms with Crippen LogP contribution in [0, 0.1) is 11.7 Å². The Morgan fingerprint density at radius 3 is 2.76 bits per heavy atom. The van der Waals surface area contributed by atoms with Crippen LogP contribution in [-0.2, 0) is 11.2 Å². The van der Waals surface area contributed by atoms with Crippen molar-refractivity contribution in [3.05, 3.63) is 29.6 Å². The molecule has 1 aliphatic carbocycles. The summed E-state index contributed by atoms with van der Waals surface area (Å²) in [4.78, 5) is 10.9. The Morgan fingerprint density at radius 2 is 2.24 bits per heavy atom. The second-order valence-corrected chi connectivity index (χ2v) is 4.75. The Balaban J connectivity index is 1.95. The molecule has 1 fully saturated rings. The molecule has 0 N–H and O–H groups in total. The van der Waals surface area contributed by atoms with Crippen molar-refractivity contribution in [3.63, 3.8) is 0 Å². The van der Waals surface area contributed by atoms with E-state index in [1.165, 1.54) is 32.3 Å². The Bertz CT molecular complexity index is 411. The van der Waals surface area contributed by atoms with Gasteiger partial charge in [0.05, 0.1) is 6.61 Å². The molecule has 0 spiro atoms. The van der Waals surface area contributed by atoms with E-state index in [-0.39, 0.29) is 18.0 Å². The molecule has 3 heteroatoms. The van der Waals surface area contributed by atoms with Gasteiger partial charge in [-0.25, -0.2) is 4.39 Å². The van der Waals surface area contributed by atoms with Crippen molar-refractivity contribution >= 4 is 5.78 Å². The van der Waals surface area contributed by atoms with Gasteiger partial charge in [-0.1, -0.05) is 12.5 Å². The summed E-state index contributed by atoms with van der Waals surface area (Å²) >= 11 is 0. The van der Waals surface area contributed by atoms with Gasteiger partial charge in [0.2, 0.25) is 0 Å². The van der Waals surface area contributed by atoms with Gasteiger partial charge in [-0.3, -0.25) is 4.79 Å². The number of hydrogen-bond donors (Lipinski definition) is 0. The molecule has 92 valence electrons. The van der Waals surface area contributed by atoms with Gasteiger partial charge in [-0.2, -0.15) is 0 Å². The van der Waals surface area contributed by atoms with Crippen LogP contribution in [0.25, 0.3) is 0 Å². The van der Waals surface area contributed by atoms with E-state index in [1.807, 2.05) is 0 Å². The van der Waals surface area contributed by atoms with Crippen molar-refractivity contribution in [1.82, 2.24) is 0 Å². The average Bonchev–Trinajstić information content (AvgIpc) is 2.17. The SMILES string of the molecule is CC(=O)Cc1ccc(OCC2CCC2)c(F)c1. The van der Waals surface area contributed by atoms with Gasteiger partial charge in [0.1, 0.15) is 5.78 Å². The van der Waals surface area contributed by atoms with Gasteiger partial charge in [0.15, 0.2) is 11.6 Å². The highest BCUT2D eigenvalue weighted by Gasteiger charge is 2.18. The molecule has 0 aliphatic heterocycles. The quantitative estimate of drug-likeness (QED) is 0.785. The molecule has 0 radical (unpaired) electrons. The van der Waals surface area contributed by atoms with Crippen LogP contribution in [0.4, 0.5) is 4.39 Å². The van der Waals surface area contributed by atoms with Crippen LogP contribution in [0.3, 0.4) is 0 Å². The number of ether oxygens (including phenoxy) is 1. The van der Waals surface area contributed by atoms with Crippen LogP contribution < -0.4 is 4.74 Å². The number of benzene rings is 1. The Labute approximate surface area is 101 Å². The van der Waals surface area contributed by atoms with Gasteiger partial charge in [0, 0.05) is 6.42 Å². The van der Waals surface area contributed by atoms with Crippen molar-refractivity contribution in [2.45, 2.75) is 32.6 Å². The summed E-state index contributed by atoms with van der Waals surface area (Å²) in [5.74, 6) is 0.547. The lowest BCUT2D eigenvalue weighted by atomic mass is 9.86. The fraction of sp³-hybridized carbons (Fsp3) is 0.500. The number of ketones is 1. The molecule has 1 aliphatic rings. The number of carbonyl (C=O) groups is 1. The van der Waals surface area contributed by atoms with Crippen LogP contribution in [0.15, 0.2) is 18.2 Å². The fourth-order valence-electron chi connectivity index (χ4n) is 1.93. The first-order valence-electron chi connectivity index (χ1n) is 6.06. The first-order chi connectivity index (χ1) is 8.15. The minimum atomic E-state index is -0.372. The molecule has 2 rings (SSSR count). The Kier molecular flexibility index (Phi) is 3.77. The molecule has 17 heavy (non-hydrogen) atoms. The van der Waals surface area contributed by atoms with Crippen molar-refractivity contribution in [3.8, 4) is 5.75 Å². The molecule has 1 aromatic carbocycles. The molecule has 1 aromatic rings. The predicted molar refractivity (Wildman–Crippen MR) is 63.6 cm³/mol. The molecule has 2 nitrogen and oxygen atoms in total. The largest absolute Gasteiger partial charge is 0.490 e. The van der Waals surface area contributed by atoms with Crippen LogP contribution in [-0.4, -0.2) is 12.4 Å². The highest BCUT2D eigenvalue weighted by molar-refractivity contribution is 5.78. The summed E-state index contributed by atoms with van der Waals surface area (Å²) in [6, 6.07) is 4.75. The van der Waals surface area contributed by atoms with E-state index < -0.39 is 0 Å². The van der Waals surface area contributed by atoms with Crippen molar-refractivity contribution in [2.24, 2.45) is 5.92 Å². The summed E-state index contributed by atoms with van der Waals surface area (Å²) in [5.41, 5.74) is 0.700.